The van der Waals surface area contributed by atoms with E-state index >= 15 is 4.39 Å². The van der Waals surface area contributed by atoms with Gasteiger partial charge in [-0.05, 0) is 80.8 Å². The van der Waals surface area contributed by atoms with Crippen molar-refractivity contribution in [2.75, 3.05) is 13.1 Å². The number of nitriles is 1. The number of hydrogen-bond acceptors (Lipinski definition) is 5. The summed E-state index contributed by atoms with van der Waals surface area (Å²) in [5.41, 5.74) is 5.85. The number of aryl methyl sites for hydroxylation is 3. The van der Waals surface area contributed by atoms with Crippen LogP contribution in [0.1, 0.15) is 67.2 Å². The number of para-hydroxylation sites is 2. The predicted octanol–water partition coefficient (Wildman–Crippen LogP) is 8.18. The van der Waals surface area contributed by atoms with Gasteiger partial charge in [-0.1, -0.05) is 47.5 Å². The molecular formula is C42H38Cl2FN7O2. The first kappa shape index (κ1) is 33.8. The van der Waals surface area contributed by atoms with Crippen molar-refractivity contribution in [1.29, 1.82) is 5.26 Å². The number of fused-ring (bicyclic) bond motifs is 5. The highest BCUT2D eigenvalue weighted by Crippen LogP contribution is 2.52. The van der Waals surface area contributed by atoms with Gasteiger partial charge in [-0.3, -0.25) is 13.9 Å². The molecule has 5 fully saturated rings. The van der Waals surface area contributed by atoms with Crippen LogP contribution in [-0.4, -0.2) is 48.6 Å². The number of halogens is 3. The Morgan fingerprint density at radius 2 is 1.85 bits per heavy atom. The molecule has 5 aliphatic rings. The highest BCUT2D eigenvalue weighted by atomic mass is 35.5. The zero-order chi connectivity index (χ0) is 37.2. The maximum Gasteiger partial charge on any atom is 0.329 e. The number of hydrogen-bond donors (Lipinski definition) is 1. The third kappa shape index (κ3) is 4.87. The fourth-order valence-electron chi connectivity index (χ4n) is 9.86. The Balaban J connectivity index is 1.22. The lowest BCUT2D eigenvalue weighted by molar-refractivity contribution is -0.133. The molecule has 1 N–H and O–H groups in total. The first-order valence-electron chi connectivity index (χ1n) is 18.8. The van der Waals surface area contributed by atoms with E-state index in [1.807, 2.05) is 46.7 Å². The lowest BCUT2D eigenvalue weighted by atomic mass is 9.79. The van der Waals surface area contributed by atoms with Gasteiger partial charge in [0.2, 0.25) is 5.91 Å². The van der Waals surface area contributed by atoms with Gasteiger partial charge < -0.3 is 14.8 Å². The Morgan fingerprint density at radius 1 is 1.06 bits per heavy atom. The number of likely N-dealkylation sites (tertiary alicyclic amines) is 1. The highest BCUT2D eigenvalue weighted by molar-refractivity contribution is 6.43. The molecule has 0 radical (unpaired) electrons. The third-order valence-corrected chi connectivity index (χ3v) is 13.4. The second kappa shape index (κ2) is 12.4. The van der Waals surface area contributed by atoms with Gasteiger partial charge in [-0.25, -0.2) is 14.2 Å². The largest absolute Gasteiger partial charge is 0.337 e. The van der Waals surface area contributed by atoms with Gasteiger partial charge in [0.1, 0.15) is 5.52 Å². The minimum Gasteiger partial charge on any atom is -0.337 e. The van der Waals surface area contributed by atoms with Crippen LogP contribution < -0.4 is 11.0 Å². The lowest BCUT2D eigenvalue weighted by Crippen LogP contribution is -2.41. The third-order valence-electron chi connectivity index (χ3n) is 12.6. The molecule has 9 nitrogen and oxygen atoms in total. The normalized spacial score (nSPS) is 23.5. The maximum atomic E-state index is 17.3. The summed E-state index contributed by atoms with van der Waals surface area (Å²) in [7, 11) is 1.80. The molecule has 54 heavy (non-hydrogen) atoms. The summed E-state index contributed by atoms with van der Waals surface area (Å²) in [4.78, 5) is 35.0. The lowest BCUT2D eigenvalue weighted by Gasteiger charge is -2.39. The number of nitrogens with one attached hydrogen (secondary N) is 1. The number of nitrogens with zero attached hydrogens (tertiary/aromatic N) is 6. The van der Waals surface area contributed by atoms with Gasteiger partial charge in [-0.15, -0.1) is 0 Å². The second-order valence-electron chi connectivity index (χ2n) is 15.7. The molecular weight excluding hydrogens is 724 g/mol. The van der Waals surface area contributed by atoms with Crippen molar-refractivity contribution < 1.29 is 9.18 Å². The molecule has 2 saturated carbocycles. The summed E-state index contributed by atoms with van der Waals surface area (Å²) < 4.78 is 23.2. The average Bonchev–Trinajstić information content (AvgIpc) is 3.50. The van der Waals surface area contributed by atoms with E-state index in [0.29, 0.717) is 58.1 Å². The quantitative estimate of drug-likeness (QED) is 0.177. The molecule has 0 spiro atoms. The van der Waals surface area contributed by atoms with E-state index in [4.69, 9.17) is 28.2 Å². The van der Waals surface area contributed by atoms with E-state index in [9.17, 15) is 14.9 Å². The van der Waals surface area contributed by atoms with Crippen LogP contribution in [0.25, 0.3) is 44.0 Å². The van der Waals surface area contributed by atoms with E-state index in [1.54, 1.807) is 29.8 Å². The number of imidazole rings is 1. The average molecular weight is 763 g/mol. The summed E-state index contributed by atoms with van der Waals surface area (Å²) >= 11 is 13.1. The van der Waals surface area contributed by atoms with Crippen LogP contribution in [-0.2, 0) is 18.3 Å². The SMILES string of the molecule is Cc1nc2c(F)c(-c3cccc(Cl)c3Cl)c(CCC#N)cc2c2c1cc(C1CC(n3c(=O)n(C)c4ccccc43)CN1C(=O)C1CC1)n2C1C2CNC1C2. The van der Waals surface area contributed by atoms with Crippen LogP contribution in [0.15, 0.2) is 59.4 Å². The molecule has 2 aliphatic carbocycles. The zero-order valence-electron chi connectivity index (χ0n) is 30.0. The Morgan fingerprint density at radius 3 is 2.57 bits per heavy atom. The predicted molar refractivity (Wildman–Crippen MR) is 208 cm³/mol. The van der Waals surface area contributed by atoms with Crippen LogP contribution in [0.4, 0.5) is 4.39 Å². The molecule has 3 aromatic heterocycles. The monoisotopic (exact) mass is 761 g/mol. The number of benzene rings is 3. The number of pyridine rings is 1. The number of aromatic nitrogens is 4. The molecule has 6 aromatic rings. The van der Waals surface area contributed by atoms with Crippen molar-refractivity contribution in [3.63, 3.8) is 0 Å². The maximum absolute atomic E-state index is 17.3. The summed E-state index contributed by atoms with van der Waals surface area (Å²) in [6, 6.07) is 19.2. The van der Waals surface area contributed by atoms with Crippen LogP contribution in [0.3, 0.4) is 0 Å². The van der Waals surface area contributed by atoms with Crippen molar-refractivity contribution in [2.24, 2.45) is 18.9 Å². The van der Waals surface area contributed by atoms with Crippen molar-refractivity contribution >= 4 is 61.9 Å². The smallest absolute Gasteiger partial charge is 0.329 e. The van der Waals surface area contributed by atoms with Crippen molar-refractivity contribution in [3.8, 4) is 17.2 Å². The number of carbonyl (C=O) groups is 1. The first-order chi connectivity index (χ1) is 26.2. The standard InChI is InChI=1S/C42H38Cl2FN7O2/c1-21-27-18-34(33-17-25(20-50(33)41(53)22-12-13-22)51-32-11-4-3-10-31(32)49(2)42(51)54)52(39-24-16-30(39)47-19-24)40(27)28-15-23(7-6-14-46)35(37(45)38(28)48-21)26-8-5-9-29(43)36(26)44/h3-5,8-11,15,18,22,24-25,30,33,39,47H,6-7,12-13,16-17,19-20H2,1-2H3. The van der Waals surface area contributed by atoms with Crippen molar-refractivity contribution in [2.45, 2.75) is 69.6 Å². The van der Waals surface area contributed by atoms with Crippen LogP contribution >= 0.6 is 23.2 Å². The van der Waals surface area contributed by atoms with Crippen molar-refractivity contribution in [1.82, 2.24) is 28.9 Å². The number of carbonyl (C=O) groups excluding carboxylic acids is 1. The van der Waals surface area contributed by atoms with E-state index in [1.165, 1.54) is 0 Å². The van der Waals surface area contributed by atoms with Gasteiger partial charge in [0.15, 0.2) is 5.82 Å². The Hall–Kier alpha value is -4.69. The molecule has 12 heteroatoms. The highest BCUT2D eigenvalue weighted by Gasteiger charge is 2.51. The Kier molecular flexibility index (Phi) is 7.78. The van der Waals surface area contributed by atoms with Crippen LogP contribution in [0.2, 0.25) is 10.0 Å². The summed E-state index contributed by atoms with van der Waals surface area (Å²) in [5, 5.41) is 15.5. The molecule has 1 amide bonds. The summed E-state index contributed by atoms with van der Waals surface area (Å²) in [5.74, 6) is 0.00806. The fraction of sp³-hybridized carbons (Fsp3) is 0.381. The minimum absolute atomic E-state index is 0.00683. The second-order valence-corrected chi connectivity index (χ2v) is 16.4. The molecule has 11 rings (SSSR count). The summed E-state index contributed by atoms with van der Waals surface area (Å²) in [6.07, 6.45) is 3.87. The molecule has 3 aromatic carbocycles. The van der Waals surface area contributed by atoms with Crippen LogP contribution in [0, 0.1) is 35.9 Å². The molecule has 5 unspecified atom stereocenters. The first-order valence-corrected chi connectivity index (χ1v) is 19.6. The molecule has 3 aliphatic heterocycles. The van der Waals surface area contributed by atoms with Gasteiger partial charge in [0.25, 0.3) is 0 Å². The van der Waals surface area contributed by atoms with E-state index < -0.39 is 5.82 Å². The Labute approximate surface area is 320 Å². The van der Waals surface area contributed by atoms with Crippen molar-refractivity contribution in [3.05, 3.63) is 97.9 Å². The van der Waals surface area contributed by atoms with Gasteiger partial charge in [-0.2, -0.15) is 5.26 Å². The Bertz CT molecular complexity index is 2670. The minimum atomic E-state index is -0.500. The molecule has 5 atom stereocenters. The van der Waals surface area contributed by atoms with Gasteiger partial charge in [0.05, 0.1) is 50.8 Å². The van der Waals surface area contributed by atoms with E-state index in [2.05, 4.69) is 22.0 Å². The molecule has 274 valence electrons. The number of amides is 1. The van der Waals surface area contributed by atoms with Crippen LogP contribution in [0.5, 0.6) is 0 Å². The molecule has 3 saturated heterocycles. The zero-order valence-corrected chi connectivity index (χ0v) is 31.5. The molecule has 6 heterocycles. The molecule has 2 bridgehead atoms. The fourth-order valence-corrected chi connectivity index (χ4v) is 10.3. The topological polar surface area (TPSA) is 101 Å². The van der Waals surface area contributed by atoms with Gasteiger partial charge >= 0.3 is 5.69 Å². The van der Waals surface area contributed by atoms with Gasteiger partial charge in [0, 0.05) is 71.8 Å². The van der Waals surface area contributed by atoms with E-state index in [0.717, 1.165) is 53.4 Å². The number of rotatable bonds is 7. The summed E-state index contributed by atoms with van der Waals surface area (Å²) in [6.45, 7) is 3.23. The van der Waals surface area contributed by atoms with E-state index in [-0.39, 0.29) is 58.6 Å².